The summed E-state index contributed by atoms with van der Waals surface area (Å²) in [7, 11) is 0. The summed E-state index contributed by atoms with van der Waals surface area (Å²) in [5.41, 5.74) is 2.86. The molecule has 4 nitrogen and oxygen atoms in total. The maximum Gasteiger partial charge on any atom is 0.252 e. The first-order valence-electron chi connectivity index (χ1n) is 8.11. The van der Waals surface area contributed by atoms with Crippen LogP contribution in [0.3, 0.4) is 0 Å². The predicted molar refractivity (Wildman–Crippen MR) is 97.3 cm³/mol. The van der Waals surface area contributed by atoms with Crippen molar-refractivity contribution >= 4 is 5.95 Å². The Kier molecular flexibility index (Phi) is 4.75. The zero-order chi connectivity index (χ0) is 16.9. The van der Waals surface area contributed by atoms with Crippen molar-refractivity contribution in [2.75, 3.05) is 5.32 Å². The third kappa shape index (κ3) is 3.71. The van der Waals surface area contributed by atoms with E-state index in [4.69, 9.17) is 0 Å². The minimum atomic E-state index is -0.143. The molecule has 0 amide bonds. The number of aromatic nitrogens is 2. The summed E-state index contributed by atoms with van der Waals surface area (Å²) in [6.45, 7) is 4.05. The largest absolute Gasteiger partial charge is 0.345 e. The molecule has 0 radical (unpaired) electrons. The van der Waals surface area contributed by atoms with Crippen molar-refractivity contribution in [3.63, 3.8) is 0 Å². The van der Waals surface area contributed by atoms with Gasteiger partial charge in [0.1, 0.15) is 0 Å². The molecule has 2 N–H and O–H groups in total. The second-order valence-electron chi connectivity index (χ2n) is 6.07. The van der Waals surface area contributed by atoms with Crippen LogP contribution in [0.1, 0.15) is 42.6 Å². The van der Waals surface area contributed by atoms with Crippen molar-refractivity contribution in [1.29, 1.82) is 0 Å². The van der Waals surface area contributed by atoms with E-state index in [1.807, 2.05) is 50.2 Å². The van der Waals surface area contributed by atoms with Gasteiger partial charge in [-0.25, -0.2) is 4.98 Å². The molecule has 0 aliphatic rings. The lowest BCUT2D eigenvalue weighted by Crippen LogP contribution is -2.19. The lowest BCUT2D eigenvalue weighted by Gasteiger charge is -2.20. The monoisotopic (exact) mass is 319 g/mol. The standard InChI is InChI=1S/C20H21N3O/c1-14(2)17-13-18(24)22-20(21-17)23-19(15-9-5-3-6-10-15)16-11-7-4-8-12-16/h3-14,19H,1-2H3,(H2,21,22,23,24). The molecule has 0 unspecified atom stereocenters. The van der Waals surface area contributed by atoms with Crippen molar-refractivity contribution < 1.29 is 0 Å². The molecule has 3 aromatic rings. The molecule has 0 bridgehead atoms. The molecule has 2 aromatic carbocycles. The molecule has 1 heterocycles. The highest BCUT2D eigenvalue weighted by Crippen LogP contribution is 2.25. The highest BCUT2D eigenvalue weighted by Gasteiger charge is 2.15. The maximum atomic E-state index is 11.9. The van der Waals surface area contributed by atoms with Crippen LogP contribution in [-0.4, -0.2) is 9.97 Å². The Morgan fingerprint density at radius 1 is 0.917 bits per heavy atom. The molecule has 3 rings (SSSR count). The number of H-pyrrole nitrogens is 1. The van der Waals surface area contributed by atoms with Crippen LogP contribution in [0.2, 0.25) is 0 Å². The van der Waals surface area contributed by atoms with E-state index < -0.39 is 0 Å². The van der Waals surface area contributed by atoms with Gasteiger partial charge in [0.2, 0.25) is 5.95 Å². The summed E-state index contributed by atoms with van der Waals surface area (Å²) >= 11 is 0. The predicted octanol–water partition coefficient (Wildman–Crippen LogP) is 4.09. The van der Waals surface area contributed by atoms with Crippen LogP contribution in [0.4, 0.5) is 5.95 Å². The summed E-state index contributed by atoms with van der Waals surface area (Å²) in [6, 6.07) is 21.7. The Bertz CT molecular complexity index is 802. The number of hydrogen-bond acceptors (Lipinski definition) is 3. The molecule has 0 saturated carbocycles. The molecule has 0 aliphatic heterocycles. The van der Waals surface area contributed by atoms with Gasteiger partial charge in [-0.3, -0.25) is 9.78 Å². The van der Waals surface area contributed by atoms with E-state index in [1.54, 1.807) is 6.07 Å². The van der Waals surface area contributed by atoms with Crippen LogP contribution < -0.4 is 10.9 Å². The van der Waals surface area contributed by atoms with Gasteiger partial charge in [0, 0.05) is 6.07 Å². The van der Waals surface area contributed by atoms with Crippen molar-refractivity contribution in [1.82, 2.24) is 9.97 Å². The number of aromatic amines is 1. The fourth-order valence-electron chi connectivity index (χ4n) is 2.63. The van der Waals surface area contributed by atoms with Gasteiger partial charge in [0.05, 0.1) is 11.7 Å². The summed E-state index contributed by atoms with van der Waals surface area (Å²) in [6.07, 6.45) is 0. The van der Waals surface area contributed by atoms with Gasteiger partial charge < -0.3 is 5.32 Å². The summed E-state index contributed by atoms with van der Waals surface area (Å²) in [5.74, 6) is 0.684. The van der Waals surface area contributed by atoms with Crippen LogP contribution in [-0.2, 0) is 0 Å². The van der Waals surface area contributed by atoms with E-state index in [1.165, 1.54) is 0 Å². The SMILES string of the molecule is CC(C)c1cc(=O)[nH]c(NC(c2ccccc2)c2ccccc2)n1. The Hall–Kier alpha value is -2.88. The van der Waals surface area contributed by atoms with Gasteiger partial charge in [0.25, 0.3) is 5.56 Å². The first kappa shape index (κ1) is 16.0. The second-order valence-corrected chi connectivity index (χ2v) is 6.07. The summed E-state index contributed by atoms with van der Waals surface area (Å²) in [4.78, 5) is 19.3. The van der Waals surface area contributed by atoms with Crippen LogP contribution in [0, 0.1) is 0 Å². The van der Waals surface area contributed by atoms with Gasteiger partial charge >= 0.3 is 0 Å². The van der Waals surface area contributed by atoms with Gasteiger partial charge in [-0.1, -0.05) is 74.5 Å². The first-order chi connectivity index (χ1) is 11.6. The molecule has 122 valence electrons. The van der Waals surface area contributed by atoms with Crippen molar-refractivity contribution in [3.05, 3.63) is 93.9 Å². The highest BCUT2D eigenvalue weighted by molar-refractivity contribution is 5.41. The Morgan fingerprint density at radius 2 is 1.46 bits per heavy atom. The van der Waals surface area contributed by atoms with E-state index in [2.05, 4.69) is 39.6 Å². The molecule has 0 atom stereocenters. The molecule has 0 saturated heterocycles. The lowest BCUT2D eigenvalue weighted by molar-refractivity contribution is 0.801. The molecule has 4 heteroatoms. The van der Waals surface area contributed by atoms with Gasteiger partial charge in [-0.2, -0.15) is 0 Å². The van der Waals surface area contributed by atoms with Gasteiger partial charge in [0.15, 0.2) is 0 Å². The number of nitrogens with one attached hydrogen (secondary N) is 2. The molecular formula is C20H21N3O. The molecule has 0 aliphatic carbocycles. The van der Waals surface area contributed by atoms with E-state index in [-0.39, 0.29) is 17.5 Å². The van der Waals surface area contributed by atoms with Crippen LogP contribution >= 0.6 is 0 Å². The quantitative estimate of drug-likeness (QED) is 0.744. The van der Waals surface area contributed by atoms with Crippen LogP contribution in [0.25, 0.3) is 0 Å². The normalized spacial score (nSPS) is 11.0. The van der Waals surface area contributed by atoms with Gasteiger partial charge in [-0.05, 0) is 17.0 Å². The minimum Gasteiger partial charge on any atom is -0.345 e. The third-order valence-electron chi connectivity index (χ3n) is 3.90. The maximum absolute atomic E-state index is 11.9. The zero-order valence-corrected chi connectivity index (χ0v) is 13.9. The smallest absolute Gasteiger partial charge is 0.252 e. The fourth-order valence-corrected chi connectivity index (χ4v) is 2.63. The average molecular weight is 319 g/mol. The average Bonchev–Trinajstić information content (AvgIpc) is 2.60. The number of rotatable bonds is 5. The first-order valence-corrected chi connectivity index (χ1v) is 8.11. The summed E-state index contributed by atoms with van der Waals surface area (Å²) < 4.78 is 0. The Labute approximate surface area is 141 Å². The minimum absolute atomic E-state index is 0.0852. The molecule has 24 heavy (non-hydrogen) atoms. The fraction of sp³-hybridized carbons (Fsp3) is 0.200. The Morgan fingerprint density at radius 3 is 1.96 bits per heavy atom. The van der Waals surface area contributed by atoms with Crippen molar-refractivity contribution in [3.8, 4) is 0 Å². The number of anilines is 1. The molecule has 0 fully saturated rings. The van der Waals surface area contributed by atoms with Crippen molar-refractivity contribution in [2.45, 2.75) is 25.8 Å². The molecular weight excluding hydrogens is 298 g/mol. The van der Waals surface area contributed by atoms with E-state index in [0.29, 0.717) is 5.95 Å². The van der Waals surface area contributed by atoms with E-state index >= 15 is 0 Å². The zero-order valence-electron chi connectivity index (χ0n) is 13.9. The summed E-state index contributed by atoms with van der Waals surface area (Å²) in [5, 5.41) is 3.38. The van der Waals surface area contributed by atoms with E-state index in [9.17, 15) is 4.79 Å². The van der Waals surface area contributed by atoms with Crippen LogP contribution in [0.15, 0.2) is 71.5 Å². The molecule has 0 spiro atoms. The second kappa shape index (κ2) is 7.13. The van der Waals surface area contributed by atoms with Crippen molar-refractivity contribution in [2.24, 2.45) is 0 Å². The third-order valence-corrected chi connectivity index (χ3v) is 3.90. The Balaban J connectivity index is 2.00. The topological polar surface area (TPSA) is 57.8 Å². The number of hydrogen-bond donors (Lipinski definition) is 2. The van der Waals surface area contributed by atoms with Gasteiger partial charge in [-0.15, -0.1) is 0 Å². The highest BCUT2D eigenvalue weighted by atomic mass is 16.1. The molecule has 1 aromatic heterocycles. The lowest BCUT2D eigenvalue weighted by atomic mass is 9.99. The number of benzene rings is 2. The van der Waals surface area contributed by atoms with Crippen LogP contribution in [0.5, 0.6) is 0 Å². The van der Waals surface area contributed by atoms with E-state index in [0.717, 1.165) is 16.8 Å². The number of nitrogens with zero attached hydrogens (tertiary/aromatic N) is 1.